The molecular weight excluding hydrogens is 360 g/mol. The molecule has 3 N–H and O–H groups in total. The highest BCUT2D eigenvalue weighted by Gasteiger charge is 2.20. The van der Waals surface area contributed by atoms with Crippen LogP contribution in [0.1, 0.15) is 5.56 Å². The number of phenols is 1. The zero-order chi connectivity index (χ0) is 13.2. The minimum atomic E-state index is -0.717. The van der Waals surface area contributed by atoms with Gasteiger partial charge in [0.2, 0.25) is 5.91 Å². The molecule has 0 fully saturated rings. The van der Waals surface area contributed by atoms with Crippen LogP contribution in [0.4, 0.5) is 5.69 Å². The van der Waals surface area contributed by atoms with Crippen molar-refractivity contribution in [3.8, 4) is 5.75 Å². The second-order valence-corrected chi connectivity index (χ2v) is 4.54. The van der Waals surface area contributed by atoms with Gasteiger partial charge < -0.3 is 10.8 Å². The Bertz CT molecular complexity index is 528. The van der Waals surface area contributed by atoms with Gasteiger partial charge in [0.25, 0.3) is 5.69 Å². The van der Waals surface area contributed by atoms with Gasteiger partial charge in [0.05, 0.1) is 9.40 Å². The van der Waals surface area contributed by atoms with Crippen LogP contribution in [0, 0.1) is 10.1 Å². The van der Waals surface area contributed by atoms with Crippen molar-refractivity contribution in [1.29, 1.82) is 0 Å². The molecule has 0 spiro atoms. The van der Waals surface area contributed by atoms with E-state index >= 15 is 0 Å². The Labute approximate surface area is 113 Å². The molecule has 0 saturated heterocycles. The predicted molar refractivity (Wildman–Crippen MR) is 68.4 cm³/mol. The second kappa shape index (κ2) is 5.28. The largest absolute Gasteiger partial charge is 0.506 e. The van der Waals surface area contributed by atoms with E-state index in [9.17, 15) is 20.0 Å². The molecule has 0 saturated carbocycles. The summed E-state index contributed by atoms with van der Waals surface area (Å²) in [6.45, 7) is 0. The van der Waals surface area contributed by atoms with Gasteiger partial charge in [-0.25, -0.2) is 0 Å². The highest BCUT2D eigenvalue weighted by molar-refractivity contribution is 9.13. The molecule has 17 heavy (non-hydrogen) atoms. The first-order valence-corrected chi connectivity index (χ1v) is 5.76. The number of primary amides is 1. The van der Waals surface area contributed by atoms with Gasteiger partial charge in [0.1, 0.15) is 10.2 Å². The number of carbonyl (C=O) groups is 1. The maximum absolute atomic E-state index is 10.7. The third kappa shape index (κ3) is 3.04. The molecule has 6 nitrogen and oxygen atoms in total. The van der Waals surface area contributed by atoms with Gasteiger partial charge in [0.15, 0.2) is 0 Å². The van der Waals surface area contributed by atoms with Gasteiger partial charge in [-0.15, -0.1) is 0 Å². The monoisotopic (exact) mass is 364 g/mol. The summed E-state index contributed by atoms with van der Waals surface area (Å²) in [6.07, 6.45) is 2.20. The number of halogens is 2. The van der Waals surface area contributed by atoms with Crippen LogP contribution in [0.25, 0.3) is 6.08 Å². The van der Waals surface area contributed by atoms with Gasteiger partial charge in [-0.2, -0.15) is 0 Å². The van der Waals surface area contributed by atoms with E-state index in [4.69, 9.17) is 5.73 Å². The molecule has 1 amide bonds. The summed E-state index contributed by atoms with van der Waals surface area (Å²) in [5.41, 5.74) is 4.77. The zero-order valence-corrected chi connectivity index (χ0v) is 11.4. The lowest BCUT2D eigenvalue weighted by molar-refractivity contribution is -0.385. The van der Waals surface area contributed by atoms with Crippen molar-refractivity contribution in [3.05, 3.63) is 36.8 Å². The Morgan fingerprint density at radius 1 is 1.47 bits per heavy atom. The van der Waals surface area contributed by atoms with E-state index in [-0.39, 0.29) is 25.9 Å². The molecule has 0 bridgehead atoms. The quantitative estimate of drug-likeness (QED) is 0.487. The maximum atomic E-state index is 10.7. The summed E-state index contributed by atoms with van der Waals surface area (Å²) in [4.78, 5) is 20.7. The number of rotatable bonds is 3. The van der Waals surface area contributed by atoms with Crippen molar-refractivity contribution in [2.75, 3.05) is 0 Å². The maximum Gasteiger partial charge on any atom is 0.285 e. The fourth-order valence-corrected chi connectivity index (χ4v) is 1.93. The average Bonchev–Trinajstić information content (AvgIpc) is 2.24. The Morgan fingerprint density at radius 3 is 2.53 bits per heavy atom. The summed E-state index contributed by atoms with van der Waals surface area (Å²) >= 11 is 5.99. The molecule has 0 aliphatic carbocycles. The third-order valence-corrected chi connectivity index (χ3v) is 3.92. The van der Waals surface area contributed by atoms with Crippen molar-refractivity contribution in [1.82, 2.24) is 0 Å². The Hall–Kier alpha value is -1.41. The van der Waals surface area contributed by atoms with Crippen LogP contribution in [0.2, 0.25) is 0 Å². The van der Waals surface area contributed by atoms with Crippen LogP contribution >= 0.6 is 31.9 Å². The Balaban J connectivity index is 3.42. The van der Waals surface area contributed by atoms with Crippen LogP contribution in [-0.2, 0) is 4.79 Å². The van der Waals surface area contributed by atoms with Gasteiger partial charge in [-0.1, -0.05) is 0 Å². The molecule has 0 radical (unpaired) electrons. The predicted octanol–water partition coefficient (Wildman–Crippen LogP) is 2.32. The fraction of sp³-hybridized carbons (Fsp3) is 0. The molecule has 1 rings (SSSR count). The number of amides is 1. The Morgan fingerprint density at radius 2 is 2.06 bits per heavy atom. The molecule has 0 aliphatic heterocycles. The van der Waals surface area contributed by atoms with Crippen molar-refractivity contribution < 1.29 is 14.8 Å². The van der Waals surface area contributed by atoms with E-state index in [0.717, 1.165) is 12.1 Å². The number of aromatic hydroxyl groups is 1. The first kappa shape index (κ1) is 13.7. The number of nitrogens with two attached hydrogens (primary N) is 1. The van der Waals surface area contributed by atoms with Crippen LogP contribution in [0.5, 0.6) is 5.75 Å². The summed E-state index contributed by atoms with van der Waals surface area (Å²) < 4.78 is 0.257. The topological polar surface area (TPSA) is 106 Å². The van der Waals surface area contributed by atoms with Crippen LogP contribution in [0.15, 0.2) is 21.1 Å². The number of phenolic OH excluding ortho intramolecular Hbond substituents is 1. The number of hydrogen-bond acceptors (Lipinski definition) is 4. The lowest BCUT2D eigenvalue weighted by Gasteiger charge is -2.05. The minimum Gasteiger partial charge on any atom is -0.506 e. The van der Waals surface area contributed by atoms with Gasteiger partial charge in [-0.3, -0.25) is 14.9 Å². The molecular formula is C9H6Br2N2O4. The number of nitrogens with zero attached hydrogens (tertiary/aromatic N) is 1. The van der Waals surface area contributed by atoms with E-state index in [1.54, 1.807) is 0 Å². The van der Waals surface area contributed by atoms with Crippen LogP contribution in [-0.4, -0.2) is 15.9 Å². The Kier molecular flexibility index (Phi) is 4.24. The SMILES string of the molecule is NC(=O)/C=C/c1cc([N+](=O)[O-])c(Br)c(Br)c1O. The molecule has 1 aromatic rings. The van der Waals surface area contributed by atoms with Crippen LogP contribution in [0.3, 0.4) is 0 Å². The lowest BCUT2D eigenvalue weighted by Crippen LogP contribution is -2.05. The normalized spacial score (nSPS) is 10.7. The second-order valence-electron chi connectivity index (χ2n) is 2.95. The highest BCUT2D eigenvalue weighted by Crippen LogP contribution is 2.41. The summed E-state index contributed by atoms with van der Waals surface area (Å²) in [5, 5.41) is 20.4. The highest BCUT2D eigenvalue weighted by atomic mass is 79.9. The van der Waals surface area contributed by atoms with Gasteiger partial charge >= 0.3 is 0 Å². The molecule has 1 aromatic carbocycles. The summed E-state index contributed by atoms with van der Waals surface area (Å²) in [7, 11) is 0. The molecule has 0 heterocycles. The van der Waals surface area contributed by atoms with Crippen LogP contribution < -0.4 is 5.73 Å². The molecule has 8 heteroatoms. The van der Waals surface area contributed by atoms with E-state index in [1.165, 1.54) is 6.08 Å². The van der Waals surface area contributed by atoms with E-state index in [2.05, 4.69) is 31.9 Å². The number of benzene rings is 1. The summed E-state index contributed by atoms with van der Waals surface area (Å²) in [5.74, 6) is -0.939. The van der Waals surface area contributed by atoms with Gasteiger partial charge in [-0.05, 0) is 37.9 Å². The van der Waals surface area contributed by atoms with Crippen molar-refractivity contribution in [2.45, 2.75) is 0 Å². The number of carbonyl (C=O) groups excluding carboxylic acids is 1. The van der Waals surface area contributed by atoms with Crippen molar-refractivity contribution >= 4 is 49.5 Å². The number of nitro groups is 1. The van der Waals surface area contributed by atoms with Crippen molar-refractivity contribution in [2.24, 2.45) is 5.73 Å². The standard InChI is InChI=1S/C9H6Br2N2O4/c10-7-5(13(16)17)3-4(1-2-6(12)14)9(15)8(7)11/h1-3,15H,(H2,12,14)/b2-1+. The first-order chi connectivity index (χ1) is 7.84. The lowest BCUT2D eigenvalue weighted by atomic mass is 10.1. The number of hydrogen-bond donors (Lipinski definition) is 2. The fourth-order valence-electron chi connectivity index (χ4n) is 1.05. The summed E-state index contributed by atoms with van der Waals surface area (Å²) in [6, 6.07) is 1.13. The smallest absolute Gasteiger partial charge is 0.285 e. The van der Waals surface area contributed by atoms with Crippen molar-refractivity contribution in [3.63, 3.8) is 0 Å². The van der Waals surface area contributed by atoms with E-state index in [0.29, 0.717) is 0 Å². The minimum absolute atomic E-state index is 0.116. The van der Waals surface area contributed by atoms with Gasteiger partial charge in [0, 0.05) is 17.7 Å². The molecule has 0 aliphatic rings. The average molecular weight is 366 g/mol. The molecule has 0 atom stereocenters. The first-order valence-electron chi connectivity index (χ1n) is 4.17. The number of nitro benzene ring substituents is 1. The molecule has 90 valence electrons. The van der Waals surface area contributed by atoms with E-state index < -0.39 is 10.8 Å². The van der Waals surface area contributed by atoms with E-state index in [1.807, 2.05) is 0 Å². The zero-order valence-electron chi connectivity index (χ0n) is 8.18. The molecule has 0 aromatic heterocycles. The third-order valence-electron chi connectivity index (χ3n) is 1.82. The molecule has 0 unspecified atom stereocenters.